The maximum absolute atomic E-state index is 11.5. The van der Waals surface area contributed by atoms with Crippen molar-refractivity contribution in [2.75, 3.05) is 0 Å². The van der Waals surface area contributed by atoms with Crippen LogP contribution >= 0.6 is 0 Å². The van der Waals surface area contributed by atoms with Gasteiger partial charge in [-0.3, -0.25) is 0 Å². The Morgan fingerprint density at radius 2 is 1.69 bits per heavy atom. The molecule has 0 saturated carbocycles. The van der Waals surface area contributed by atoms with E-state index < -0.39 is 6.36 Å². The highest BCUT2D eigenvalue weighted by Gasteiger charge is 2.28. The lowest BCUT2D eigenvalue weighted by molar-refractivity contribution is -0.297. The molecule has 0 unspecified atom stereocenters. The minimum Gasteiger partial charge on any atom is -0.414 e. The van der Waals surface area contributed by atoms with E-state index in [9.17, 15) is 13.2 Å². The van der Waals surface area contributed by atoms with E-state index in [0.29, 0.717) is 11.8 Å². The molecule has 0 aromatic heterocycles. The lowest BCUT2D eigenvalue weighted by Gasteiger charge is -2.02. The van der Waals surface area contributed by atoms with Crippen molar-refractivity contribution in [2.45, 2.75) is 6.36 Å². The van der Waals surface area contributed by atoms with Crippen molar-refractivity contribution in [3.8, 4) is 0 Å². The molecule has 0 radical (unpaired) electrons. The van der Waals surface area contributed by atoms with Crippen LogP contribution in [-0.2, 0) is 4.74 Å². The van der Waals surface area contributed by atoms with E-state index in [-0.39, 0.29) is 0 Å². The number of ether oxygens (including phenoxy) is 1. The maximum atomic E-state index is 11.5. The Kier molecular flexibility index (Phi) is 2.95. The highest BCUT2D eigenvalue weighted by Crippen LogP contribution is 2.16. The van der Waals surface area contributed by atoms with Crippen LogP contribution in [0.3, 0.4) is 0 Å². The molecule has 0 heterocycles. The Morgan fingerprint density at radius 1 is 1.08 bits per heavy atom. The van der Waals surface area contributed by atoms with E-state index in [4.69, 9.17) is 0 Å². The van der Waals surface area contributed by atoms with Gasteiger partial charge in [0.2, 0.25) is 0 Å². The molecule has 0 aliphatic heterocycles. The molecule has 13 heavy (non-hydrogen) atoms. The van der Waals surface area contributed by atoms with Crippen molar-refractivity contribution in [2.24, 2.45) is 0 Å². The third-order valence-corrected chi connectivity index (χ3v) is 1.26. The van der Waals surface area contributed by atoms with Gasteiger partial charge in [0.1, 0.15) is 0 Å². The van der Waals surface area contributed by atoms with Crippen molar-refractivity contribution in [1.82, 2.24) is 0 Å². The number of hydrogen-bond donors (Lipinski definition) is 0. The van der Waals surface area contributed by atoms with Gasteiger partial charge in [0, 0.05) is 0 Å². The zero-order valence-corrected chi connectivity index (χ0v) is 6.58. The molecule has 1 rings (SSSR count). The molecular weight excluding hydrogens is 181 g/mol. The monoisotopic (exact) mass is 188 g/mol. The van der Waals surface area contributed by atoms with Gasteiger partial charge in [0.15, 0.2) is 0 Å². The van der Waals surface area contributed by atoms with E-state index in [0.717, 1.165) is 0 Å². The van der Waals surface area contributed by atoms with Crippen LogP contribution in [0.15, 0.2) is 36.6 Å². The SMILES string of the molecule is FC(F)(F)OC=Cc1ccccc1. The molecule has 1 aromatic carbocycles. The molecule has 0 atom stereocenters. The van der Waals surface area contributed by atoms with Gasteiger partial charge in [0.05, 0.1) is 6.26 Å². The number of halogens is 3. The lowest BCUT2D eigenvalue weighted by atomic mass is 10.2. The summed E-state index contributed by atoms with van der Waals surface area (Å²) in [5.41, 5.74) is 0.659. The van der Waals surface area contributed by atoms with E-state index in [1.54, 1.807) is 30.3 Å². The Labute approximate surface area is 73.4 Å². The standard InChI is InChI=1S/C9H7F3O/c10-9(11,12)13-7-6-8-4-2-1-3-5-8/h1-7H. The van der Waals surface area contributed by atoms with Crippen LogP contribution in [0.5, 0.6) is 0 Å². The lowest BCUT2D eigenvalue weighted by Crippen LogP contribution is -2.08. The highest BCUT2D eigenvalue weighted by atomic mass is 19.4. The van der Waals surface area contributed by atoms with Crippen LogP contribution in [0.25, 0.3) is 6.08 Å². The Balaban J connectivity index is 2.51. The van der Waals surface area contributed by atoms with Gasteiger partial charge in [-0.15, -0.1) is 13.2 Å². The normalized spacial score (nSPS) is 11.9. The highest BCUT2D eigenvalue weighted by molar-refractivity contribution is 5.47. The van der Waals surface area contributed by atoms with Crippen LogP contribution in [0.4, 0.5) is 13.2 Å². The first-order valence-corrected chi connectivity index (χ1v) is 3.54. The van der Waals surface area contributed by atoms with Gasteiger partial charge in [-0.05, 0) is 11.6 Å². The molecule has 0 bridgehead atoms. The molecule has 0 saturated heterocycles. The summed E-state index contributed by atoms with van der Waals surface area (Å²) >= 11 is 0. The topological polar surface area (TPSA) is 9.23 Å². The zero-order valence-electron chi connectivity index (χ0n) is 6.58. The number of benzene rings is 1. The fraction of sp³-hybridized carbons (Fsp3) is 0.111. The largest absolute Gasteiger partial charge is 0.572 e. The predicted octanol–water partition coefficient (Wildman–Crippen LogP) is 3.19. The van der Waals surface area contributed by atoms with E-state index >= 15 is 0 Å². The van der Waals surface area contributed by atoms with Crippen LogP contribution in [0.1, 0.15) is 5.56 Å². The molecule has 0 fully saturated rings. The van der Waals surface area contributed by atoms with E-state index in [1.165, 1.54) is 6.08 Å². The third kappa shape index (κ3) is 4.20. The first-order valence-electron chi connectivity index (χ1n) is 3.54. The van der Waals surface area contributed by atoms with Crippen LogP contribution in [0.2, 0.25) is 0 Å². The molecule has 1 nitrogen and oxygen atoms in total. The van der Waals surface area contributed by atoms with Gasteiger partial charge < -0.3 is 4.74 Å². The third-order valence-electron chi connectivity index (χ3n) is 1.26. The maximum Gasteiger partial charge on any atom is 0.572 e. The van der Waals surface area contributed by atoms with Gasteiger partial charge in [-0.2, -0.15) is 0 Å². The fourth-order valence-corrected chi connectivity index (χ4v) is 0.754. The zero-order chi connectivity index (χ0) is 9.73. The van der Waals surface area contributed by atoms with Crippen molar-refractivity contribution in [3.63, 3.8) is 0 Å². The first-order chi connectivity index (χ1) is 6.08. The molecule has 0 N–H and O–H groups in total. The van der Waals surface area contributed by atoms with Crippen LogP contribution in [0, 0.1) is 0 Å². The summed E-state index contributed by atoms with van der Waals surface area (Å²) in [5.74, 6) is 0. The molecule has 4 heteroatoms. The summed E-state index contributed by atoms with van der Waals surface area (Å²) < 4.78 is 37.9. The van der Waals surface area contributed by atoms with E-state index in [2.05, 4.69) is 4.74 Å². The Hall–Kier alpha value is -1.45. The Bertz CT molecular complexity index is 277. The summed E-state index contributed by atoms with van der Waals surface area (Å²) in [6, 6.07) is 8.59. The number of rotatable bonds is 2. The summed E-state index contributed by atoms with van der Waals surface area (Å²) in [7, 11) is 0. The molecular formula is C9H7F3O. The second kappa shape index (κ2) is 3.98. The minimum absolute atomic E-state index is 0.620. The molecule has 0 spiro atoms. The van der Waals surface area contributed by atoms with Gasteiger partial charge in [-0.25, -0.2) is 0 Å². The predicted molar refractivity (Wildman–Crippen MR) is 42.6 cm³/mol. The number of alkyl halides is 3. The molecule has 0 aliphatic carbocycles. The van der Waals surface area contributed by atoms with E-state index in [1.807, 2.05) is 0 Å². The van der Waals surface area contributed by atoms with Gasteiger partial charge in [-0.1, -0.05) is 30.3 Å². The summed E-state index contributed by atoms with van der Waals surface area (Å²) in [6.45, 7) is 0. The fourth-order valence-electron chi connectivity index (χ4n) is 0.754. The van der Waals surface area contributed by atoms with Crippen molar-refractivity contribution in [3.05, 3.63) is 42.2 Å². The molecule has 0 amide bonds. The molecule has 1 aromatic rings. The van der Waals surface area contributed by atoms with Crippen molar-refractivity contribution >= 4 is 6.08 Å². The summed E-state index contributed by atoms with van der Waals surface area (Å²) in [5, 5.41) is 0. The number of hydrogen-bond acceptors (Lipinski definition) is 1. The first kappa shape index (κ1) is 9.64. The van der Waals surface area contributed by atoms with Gasteiger partial charge >= 0.3 is 6.36 Å². The van der Waals surface area contributed by atoms with Gasteiger partial charge in [0.25, 0.3) is 0 Å². The summed E-state index contributed by atoms with van der Waals surface area (Å²) in [4.78, 5) is 0. The average Bonchev–Trinajstić information content (AvgIpc) is 2.04. The minimum atomic E-state index is -4.61. The quantitative estimate of drug-likeness (QED) is 0.647. The van der Waals surface area contributed by atoms with Crippen LogP contribution < -0.4 is 0 Å². The second-order valence-electron chi connectivity index (χ2n) is 2.28. The summed E-state index contributed by atoms with van der Waals surface area (Å²) in [6.07, 6.45) is -2.74. The van der Waals surface area contributed by atoms with Crippen molar-refractivity contribution < 1.29 is 17.9 Å². The second-order valence-corrected chi connectivity index (χ2v) is 2.28. The molecule has 0 aliphatic rings. The smallest absolute Gasteiger partial charge is 0.414 e. The van der Waals surface area contributed by atoms with Crippen molar-refractivity contribution in [1.29, 1.82) is 0 Å². The average molecular weight is 188 g/mol. The van der Waals surface area contributed by atoms with Crippen LogP contribution in [-0.4, -0.2) is 6.36 Å². The molecule has 70 valence electrons. The Morgan fingerprint density at radius 3 is 2.23 bits per heavy atom.